The highest BCUT2D eigenvalue weighted by Gasteiger charge is 2.21. The van der Waals surface area contributed by atoms with Crippen molar-refractivity contribution < 1.29 is 19.3 Å². The Labute approximate surface area is 184 Å². The van der Waals surface area contributed by atoms with Crippen LogP contribution in [0.25, 0.3) is 0 Å². The van der Waals surface area contributed by atoms with Gasteiger partial charge in [-0.1, -0.05) is 25.5 Å². The molecule has 0 spiro atoms. The number of carbonyl (C=O) groups excluding carboxylic acids is 3. The zero-order valence-electron chi connectivity index (χ0n) is 17.2. The lowest BCUT2D eigenvalue weighted by Crippen LogP contribution is -2.27. The number of para-hydroxylation sites is 2. The third-order valence-electron chi connectivity index (χ3n) is 4.11. The molecule has 3 N–H and O–H groups in total. The van der Waals surface area contributed by atoms with Crippen molar-refractivity contribution in [1.29, 1.82) is 0 Å². The predicted molar refractivity (Wildman–Crippen MR) is 122 cm³/mol. The van der Waals surface area contributed by atoms with E-state index in [-0.39, 0.29) is 28.9 Å². The first-order valence-electron chi connectivity index (χ1n) is 9.63. The molecule has 2 aromatic carbocycles. The lowest BCUT2D eigenvalue weighted by atomic mass is 10.2. The van der Waals surface area contributed by atoms with Crippen molar-refractivity contribution in [3.63, 3.8) is 0 Å². The zero-order chi connectivity index (χ0) is 22.8. The van der Waals surface area contributed by atoms with Gasteiger partial charge in [0, 0.05) is 24.4 Å². The maximum absolute atomic E-state index is 12.7. The molecule has 0 aliphatic heterocycles. The number of benzene rings is 2. The highest BCUT2D eigenvalue weighted by molar-refractivity contribution is 8.01. The largest absolute Gasteiger partial charge is 0.326 e. The van der Waals surface area contributed by atoms with E-state index in [4.69, 9.17) is 0 Å². The van der Waals surface area contributed by atoms with Crippen molar-refractivity contribution >= 4 is 52.2 Å². The summed E-state index contributed by atoms with van der Waals surface area (Å²) >= 11 is 1.18. The van der Waals surface area contributed by atoms with Crippen LogP contribution in [0.3, 0.4) is 0 Å². The van der Waals surface area contributed by atoms with Crippen LogP contribution in [0.4, 0.5) is 22.7 Å². The molecule has 164 valence electrons. The number of nitrogens with zero attached hydrogens (tertiary/aromatic N) is 1. The summed E-state index contributed by atoms with van der Waals surface area (Å²) in [4.78, 5) is 46.5. The fraction of sp³-hybridized carbons (Fsp3) is 0.286. The number of hydrogen-bond acceptors (Lipinski definition) is 6. The molecule has 0 aliphatic rings. The van der Waals surface area contributed by atoms with E-state index in [1.165, 1.54) is 36.9 Å². The molecule has 0 fully saturated rings. The molecule has 0 aromatic heterocycles. The summed E-state index contributed by atoms with van der Waals surface area (Å²) in [6, 6.07) is 12.6. The highest BCUT2D eigenvalue weighted by atomic mass is 32.2. The van der Waals surface area contributed by atoms with Gasteiger partial charge in [0.15, 0.2) is 0 Å². The first kappa shape index (κ1) is 23.9. The van der Waals surface area contributed by atoms with Crippen molar-refractivity contribution in [3.8, 4) is 0 Å². The molecule has 0 bridgehead atoms. The lowest BCUT2D eigenvalue weighted by molar-refractivity contribution is -0.383. The summed E-state index contributed by atoms with van der Waals surface area (Å²) in [6.45, 7) is 3.35. The Balaban J connectivity index is 1.94. The number of nitro benzene ring substituents is 1. The standard InChI is InChI=1S/C21H24N4O5S/c1-3-6-19(21(28)23-16-11-9-15(10-12-16)22-14(2)26)31-13-20(27)24-17-7-4-5-8-18(17)25(29)30/h4-5,7-12,19H,3,6,13H2,1-2H3,(H,22,26)(H,23,28)(H,24,27). The number of rotatable bonds is 10. The molecule has 3 amide bonds. The molecule has 1 unspecified atom stereocenters. The van der Waals surface area contributed by atoms with Crippen molar-refractivity contribution in [2.24, 2.45) is 0 Å². The van der Waals surface area contributed by atoms with Crippen molar-refractivity contribution in [2.45, 2.75) is 31.9 Å². The van der Waals surface area contributed by atoms with Gasteiger partial charge in [0.05, 0.1) is 15.9 Å². The molecule has 2 aromatic rings. The SMILES string of the molecule is CCCC(SCC(=O)Nc1ccccc1[N+](=O)[O-])C(=O)Nc1ccc(NC(C)=O)cc1. The molecule has 2 rings (SSSR count). The van der Waals surface area contributed by atoms with Crippen LogP contribution in [-0.4, -0.2) is 33.6 Å². The monoisotopic (exact) mass is 444 g/mol. The van der Waals surface area contributed by atoms with E-state index in [0.29, 0.717) is 17.8 Å². The van der Waals surface area contributed by atoms with Crippen LogP contribution < -0.4 is 16.0 Å². The van der Waals surface area contributed by atoms with Gasteiger partial charge in [-0.3, -0.25) is 24.5 Å². The first-order chi connectivity index (χ1) is 14.8. The second kappa shape index (κ2) is 11.7. The third kappa shape index (κ3) is 7.74. The normalized spacial score (nSPS) is 11.3. The minimum absolute atomic E-state index is 0.0222. The summed E-state index contributed by atoms with van der Waals surface area (Å²) in [5.41, 5.74) is 1.13. The molecular weight excluding hydrogens is 420 g/mol. The second-order valence-electron chi connectivity index (χ2n) is 6.66. The Morgan fingerprint density at radius 2 is 1.61 bits per heavy atom. The topological polar surface area (TPSA) is 130 Å². The molecule has 0 saturated carbocycles. The van der Waals surface area contributed by atoms with Crippen LogP contribution in [0, 0.1) is 10.1 Å². The van der Waals surface area contributed by atoms with E-state index in [1.807, 2.05) is 6.92 Å². The van der Waals surface area contributed by atoms with Gasteiger partial charge < -0.3 is 16.0 Å². The molecular formula is C21H24N4O5S. The van der Waals surface area contributed by atoms with Crippen LogP contribution >= 0.6 is 11.8 Å². The Morgan fingerprint density at radius 3 is 2.19 bits per heavy atom. The Kier molecular flexibility index (Phi) is 9.01. The maximum atomic E-state index is 12.7. The maximum Gasteiger partial charge on any atom is 0.292 e. The van der Waals surface area contributed by atoms with Gasteiger partial charge in [0.2, 0.25) is 17.7 Å². The quantitative estimate of drug-likeness (QED) is 0.375. The first-order valence-corrected chi connectivity index (χ1v) is 10.7. The molecule has 1 atom stereocenters. The van der Waals surface area contributed by atoms with E-state index in [2.05, 4.69) is 16.0 Å². The van der Waals surface area contributed by atoms with Gasteiger partial charge in [0.1, 0.15) is 5.69 Å². The number of carbonyl (C=O) groups is 3. The van der Waals surface area contributed by atoms with E-state index in [0.717, 1.165) is 6.42 Å². The summed E-state index contributed by atoms with van der Waals surface area (Å²) < 4.78 is 0. The van der Waals surface area contributed by atoms with Gasteiger partial charge in [0.25, 0.3) is 5.69 Å². The van der Waals surface area contributed by atoms with Crippen molar-refractivity contribution in [1.82, 2.24) is 0 Å². The van der Waals surface area contributed by atoms with Crippen LogP contribution in [0.2, 0.25) is 0 Å². The minimum atomic E-state index is -0.562. The molecule has 0 aliphatic carbocycles. The number of hydrogen-bond donors (Lipinski definition) is 3. The number of nitrogens with one attached hydrogen (secondary N) is 3. The third-order valence-corrected chi connectivity index (χ3v) is 5.39. The van der Waals surface area contributed by atoms with E-state index < -0.39 is 16.1 Å². The summed E-state index contributed by atoms with van der Waals surface area (Å²) in [5, 5.41) is 18.6. The number of amides is 3. The highest BCUT2D eigenvalue weighted by Crippen LogP contribution is 2.24. The fourth-order valence-electron chi connectivity index (χ4n) is 2.72. The number of thioether (sulfide) groups is 1. The molecule has 31 heavy (non-hydrogen) atoms. The van der Waals surface area contributed by atoms with Gasteiger partial charge in [-0.25, -0.2) is 0 Å². The van der Waals surface area contributed by atoms with E-state index >= 15 is 0 Å². The number of nitro groups is 1. The average molecular weight is 445 g/mol. The molecule has 0 radical (unpaired) electrons. The molecule has 0 heterocycles. The van der Waals surface area contributed by atoms with Crippen LogP contribution in [0.15, 0.2) is 48.5 Å². The summed E-state index contributed by atoms with van der Waals surface area (Å²) in [6.07, 6.45) is 1.32. The summed E-state index contributed by atoms with van der Waals surface area (Å²) in [5.74, 6) is -0.869. The minimum Gasteiger partial charge on any atom is -0.326 e. The van der Waals surface area contributed by atoms with E-state index in [1.54, 1.807) is 30.3 Å². The van der Waals surface area contributed by atoms with Gasteiger partial charge >= 0.3 is 0 Å². The molecule has 9 nitrogen and oxygen atoms in total. The molecule has 0 saturated heterocycles. The fourth-order valence-corrected chi connectivity index (χ4v) is 3.75. The Morgan fingerprint density at radius 1 is 1.00 bits per heavy atom. The van der Waals surface area contributed by atoms with Crippen molar-refractivity contribution in [3.05, 3.63) is 58.6 Å². The average Bonchev–Trinajstić information content (AvgIpc) is 2.72. The van der Waals surface area contributed by atoms with E-state index in [9.17, 15) is 24.5 Å². The smallest absolute Gasteiger partial charge is 0.292 e. The summed E-state index contributed by atoms with van der Waals surface area (Å²) in [7, 11) is 0. The van der Waals surface area contributed by atoms with Crippen molar-refractivity contribution in [2.75, 3.05) is 21.7 Å². The Bertz CT molecular complexity index is 949. The molecule has 10 heteroatoms. The zero-order valence-corrected chi connectivity index (χ0v) is 18.0. The Hall–Kier alpha value is -3.40. The van der Waals surface area contributed by atoms with Crippen LogP contribution in [0.5, 0.6) is 0 Å². The number of anilines is 3. The predicted octanol–water partition coefficient (Wildman–Crippen LogP) is 4.03. The van der Waals surface area contributed by atoms with Gasteiger partial charge in [-0.15, -0.1) is 11.8 Å². The lowest BCUT2D eigenvalue weighted by Gasteiger charge is -2.16. The van der Waals surface area contributed by atoms with Gasteiger partial charge in [-0.05, 0) is 36.8 Å². The van der Waals surface area contributed by atoms with Crippen LogP contribution in [-0.2, 0) is 14.4 Å². The van der Waals surface area contributed by atoms with Crippen LogP contribution in [0.1, 0.15) is 26.7 Å². The second-order valence-corrected chi connectivity index (χ2v) is 7.85. The van der Waals surface area contributed by atoms with Gasteiger partial charge in [-0.2, -0.15) is 0 Å².